The number of aliphatic hydroxyl groups is 1. The van der Waals surface area contributed by atoms with Gasteiger partial charge in [-0.15, -0.1) is 0 Å². The summed E-state index contributed by atoms with van der Waals surface area (Å²) in [6.07, 6.45) is 3.17. The molecule has 174 valence electrons. The van der Waals surface area contributed by atoms with E-state index < -0.39 is 5.82 Å². The van der Waals surface area contributed by atoms with Gasteiger partial charge in [-0.2, -0.15) is 5.10 Å². The van der Waals surface area contributed by atoms with E-state index >= 15 is 0 Å². The molecule has 0 spiro atoms. The molecule has 1 aliphatic carbocycles. The van der Waals surface area contributed by atoms with E-state index in [4.69, 9.17) is 16.3 Å². The topological polar surface area (TPSA) is 80.0 Å². The number of fused-ring (bicyclic) bond motifs is 3. The fraction of sp³-hybridized carbons (Fsp3) is 0.458. The molecule has 1 N–H and O–H groups in total. The maximum absolute atomic E-state index is 14.0. The Morgan fingerprint density at radius 2 is 2.00 bits per heavy atom. The van der Waals surface area contributed by atoms with Gasteiger partial charge in [-0.1, -0.05) is 11.6 Å². The van der Waals surface area contributed by atoms with E-state index in [1.54, 1.807) is 9.42 Å². The van der Waals surface area contributed by atoms with Gasteiger partial charge in [0.15, 0.2) is 5.65 Å². The molecular weight excluding hydrogens is 447 g/mol. The van der Waals surface area contributed by atoms with Crippen molar-refractivity contribution in [1.82, 2.24) is 19.5 Å². The summed E-state index contributed by atoms with van der Waals surface area (Å²) in [5.74, 6) is -0.118. The second-order valence-electron chi connectivity index (χ2n) is 9.00. The Morgan fingerprint density at radius 1 is 1.24 bits per heavy atom. The van der Waals surface area contributed by atoms with Gasteiger partial charge in [0.1, 0.15) is 11.6 Å². The maximum atomic E-state index is 14.0. The predicted octanol–water partition coefficient (Wildman–Crippen LogP) is 4.22. The van der Waals surface area contributed by atoms with Crippen molar-refractivity contribution in [2.45, 2.75) is 58.7 Å². The van der Waals surface area contributed by atoms with E-state index in [2.05, 4.69) is 10.1 Å². The summed E-state index contributed by atoms with van der Waals surface area (Å²) in [5.41, 5.74) is 4.27. The van der Waals surface area contributed by atoms with Gasteiger partial charge >= 0.3 is 0 Å². The molecule has 1 aliphatic heterocycles. The predicted molar refractivity (Wildman–Crippen MR) is 121 cm³/mol. The number of aromatic nitrogens is 3. The third-order valence-electron chi connectivity index (χ3n) is 6.76. The highest BCUT2D eigenvalue weighted by molar-refractivity contribution is 6.31. The number of benzene rings is 1. The Labute approximate surface area is 196 Å². The van der Waals surface area contributed by atoms with Crippen molar-refractivity contribution in [1.29, 1.82) is 0 Å². The maximum Gasteiger partial charge on any atom is 0.258 e. The third-order valence-corrected chi connectivity index (χ3v) is 7.31. The van der Waals surface area contributed by atoms with E-state index in [0.717, 1.165) is 48.3 Å². The monoisotopic (exact) mass is 472 g/mol. The SMILES string of the molecule is Cc1nc2c3c(nn2c(C)c1Cl)CN(C(=O)c1ccc(F)cc1O[C@H]1CC[C@H](CO)CC1)C3. The van der Waals surface area contributed by atoms with Crippen molar-refractivity contribution in [3.8, 4) is 5.75 Å². The first-order chi connectivity index (χ1) is 15.9. The summed E-state index contributed by atoms with van der Waals surface area (Å²) < 4.78 is 21.9. The molecule has 1 fully saturated rings. The Hall–Kier alpha value is -2.71. The smallest absolute Gasteiger partial charge is 0.258 e. The molecule has 1 aromatic carbocycles. The number of aliphatic hydroxyl groups excluding tert-OH is 1. The average molecular weight is 473 g/mol. The first kappa shape index (κ1) is 22.1. The lowest BCUT2D eigenvalue weighted by Crippen LogP contribution is -2.29. The summed E-state index contributed by atoms with van der Waals surface area (Å²) in [6.45, 7) is 4.62. The normalized spacial score (nSPS) is 20.3. The van der Waals surface area contributed by atoms with Crippen molar-refractivity contribution in [3.05, 3.63) is 57.2 Å². The second-order valence-corrected chi connectivity index (χ2v) is 9.38. The Kier molecular flexibility index (Phi) is 5.74. The number of aryl methyl sites for hydroxylation is 2. The van der Waals surface area contributed by atoms with E-state index in [1.165, 1.54) is 18.2 Å². The average Bonchev–Trinajstić information content (AvgIpc) is 3.37. The zero-order chi connectivity index (χ0) is 23.3. The fourth-order valence-electron chi connectivity index (χ4n) is 4.81. The molecule has 7 nitrogen and oxygen atoms in total. The standard InChI is InChI=1S/C24H26ClFN4O3/c1-13-22(25)14(2)30-23(27-13)19-10-29(11-20(19)28-30)24(32)18-8-5-16(26)9-21(18)33-17-6-3-15(12-31)4-7-17/h5,8-9,15,17,31H,3-4,6-7,10-12H2,1-2H3/t15-,17-. The molecule has 0 atom stereocenters. The van der Waals surface area contributed by atoms with Crippen LogP contribution in [0.1, 0.15) is 58.7 Å². The lowest BCUT2D eigenvalue weighted by Gasteiger charge is -2.29. The van der Waals surface area contributed by atoms with Crippen molar-refractivity contribution in [2.75, 3.05) is 6.61 Å². The molecule has 0 radical (unpaired) electrons. The number of rotatable bonds is 4. The Balaban J connectivity index is 1.38. The molecule has 0 bridgehead atoms. The van der Waals surface area contributed by atoms with Gasteiger partial charge in [0.2, 0.25) is 0 Å². The van der Waals surface area contributed by atoms with Crippen molar-refractivity contribution in [3.63, 3.8) is 0 Å². The Morgan fingerprint density at radius 3 is 2.73 bits per heavy atom. The van der Waals surface area contributed by atoms with Gasteiger partial charge in [0, 0.05) is 18.2 Å². The Bertz CT molecular complexity index is 1240. The highest BCUT2D eigenvalue weighted by Crippen LogP contribution is 2.33. The molecule has 3 aromatic rings. The summed E-state index contributed by atoms with van der Waals surface area (Å²) in [5, 5.41) is 14.6. The summed E-state index contributed by atoms with van der Waals surface area (Å²) in [6, 6.07) is 4.06. The molecule has 2 aromatic heterocycles. The minimum absolute atomic E-state index is 0.0963. The van der Waals surface area contributed by atoms with Crippen molar-refractivity contribution in [2.24, 2.45) is 5.92 Å². The summed E-state index contributed by atoms with van der Waals surface area (Å²) in [7, 11) is 0. The number of amides is 1. The van der Waals surface area contributed by atoms with Crippen LogP contribution in [0.25, 0.3) is 5.65 Å². The van der Waals surface area contributed by atoms with Gasteiger partial charge in [0.25, 0.3) is 5.91 Å². The fourth-order valence-corrected chi connectivity index (χ4v) is 4.93. The molecule has 2 aliphatic rings. The van der Waals surface area contributed by atoms with Gasteiger partial charge in [-0.3, -0.25) is 4.79 Å². The molecule has 5 rings (SSSR count). The van der Waals surface area contributed by atoms with Gasteiger partial charge in [-0.25, -0.2) is 13.9 Å². The number of carbonyl (C=O) groups is 1. The molecule has 33 heavy (non-hydrogen) atoms. The van der Waals surface area contributed by atoms with E-state index in [-0.39, 0.29) is 30.3 Å². The van der Waals surface area contributed by atoms with E-state index in [9.17, 15) is 14.3 Å². The van der Waals surface area contributed by atoms with E-state index in [0.29, 0.717) is 29.3 Å². The molecular formula is C24H26ClFN4O3. The van der Waals surface area contributed by atoms with E-state index in [1.807, 2.05) is 13.8 Å². The number of hydrogen-bond acceptors (Lipinski definition) is 5. The van der Waals surface area contributed by atoms with Gasteiger partial charge in [0.05, 0.1) is 46.9 Å². The first-order valence-electron chi connectivity index (χ1n) is 11.2. The lowest BCUT2D eigenvalue weighted by atomic mass is 9.88. The van der Waals surface area contributed by atoms with Crippen molar-refractivity contribution >= 4 is 23.2 Å². The van der Waals surface area contributed by atoms with Crippen LogP contribution in [0.3, 0.4) is 0 Å². The summed E-state index contributed by atoms with van der Waals surface area (Å²) in [4.78, 5) is 19.7. The highest BCUT2D eigenvalue weighted by atomic mass is 35.5. The molecule has 1 saturated carbocycles. The molecule has 0 unspecified atom stereocenters. The van der Waals surface area contributed by atoms with Crippen LogP contribution < -0.4 is 4.74 Å². The van der Waals surface area contributed by atoms with Crippen LogP contribution in [0.2, 0.25) is 5.02 Å². The minimum Gasteiger partial charge on any atom is -0.489 e. The minimum atomic E-state index is -0.444. The van der Waals surface area contributed by atoms with Crippen LogP contribution in [-0.2, 0) is 13.1 Å². The third kappa shape index (κ3) is 3.95. The van der Waals surface area contributed by atoms with Gasteiger partial charge < -0.3 is 14.7 Å². The van der Waals surface area contributed by atoms with Crippen LogP contribution >= 0.6 is 11.6 Å². The number of hydrogen-bond donors (Lipinski definition) is 1. The van der Waals surface area contributed by atoms with Crippen LogP contribution in [0.4, 0.5) is 4.39 Å². The molecule has 9 heteroatoms. The van der Waals surface area contributed by atoms with Crippen LogP contribution in [0, 0.1) is 25.6 Å². The first-order valence-corrected chi connectivity index (χ1v) is 11.6. The highest BCUT2D eigenvalue weighted by Gasteiger charge is 2.32. The lowest BCUT2D eigenvalue weighted by molar-refractivity contribution is 0.0731. The zero-order valence-corrected chi connectivity index (χ0v) is 19.4. The largest absolute Gasteiger partial charge is 0.489 e. The van der Waals surface area contributed by atoms with Crippen LogP contribution in [-0.4, -0.2) is 43.2 Å². The molecule has 0 saturated heterocycles. The summed E-state index contributed by atoms with van der Waals surface area (Å²) >= 11 is 6.32. The quantitative estimate of drug-likeness (QED) is 0.614. The number of nitrogens with zero attached hydrogens (tertiary/aromatic N) is 4. The van der Waals surface area contributed by atoms with Gasteiger partial charge in [-0.05, 0) is 57.6 Å². The molecule has 1 amide bonds. The van der Waals surface area contributed by atoms with Crippen molar-refractivity contribution < 1.29 is 19.0 Å². The number of halogens is 2. The molecule has 3 heterocycles. The van der Waals surface area contributed by atoms with Crippen LogP contribution in [0.15, 0.2) is 18.2 Å². The second kappa shape index (κ2) is 8.57. The number of ether oxygens (including phenoxy) is 1. The van der Waals surface area contributed by atoms with Crippen LogP contribution in [0.5, 0.6) is 5.75 Å². The number of carbonyl (C=O) groups excluding carboxylic acids is 1. The zero-order valence-electron chi connectivity index (χ0n) is 18.6.